The van der Waals surface area contributed by atoms with Crippen molar-refractivity contribution in [3.8, 4) is 6.07 Å². The van der Waals surface area contributed by atoms with Gasteiger partial charge in [0, 0.05) is 17.5 Å². The largest absolute Gasteiger partial charge is 0.458 e. The summed E-state index contributed by atoms with van der Waals surface area (Å²) in [5.41, 5.74) is -1.88. The quantitative estimate of drug-likeness (QED) is 0.0858. The smallest absolute Gasteiger partial charge is 0.353 e. The number of nitrogens with zero attached hydrogens (tertiary/aromatic N) is 4. The predicted molar refractivity (Wildman–Crippen MR) is 136 cm³/mol. The van der Waals surface area contributed by atoms with Crippen LogP contribution >= 0.6 is 22.9 Å². The van der Waals surface area contributed by atoms with Crippen LogP contribution in [0, 0.1) is 21.4 Å². The van der Waals surface area contributed by atoms with E-state index in [0.717, 1.165) is 11.3 Å². The van der Waals surface area contributed by atoms with Crippen LogP contribution in [0.4, 0.5) is 10.8 Å². The maximum Gasteiger partial charge on any atom is 0.353 e. The van der Waals surface area contributed by atoms with Crippen LogP contribution in [0.2, 0.25) is 0 Å². The SMILES string of the molecule is CC(C)(ON=C(C(=O)N[C@@H]1C(=O)N[C@@H]1C#N)c1csc(NC(=O)CCl)n1)C(=O)OCc1ccc([N+](=O)[O-])cc1. The van der Waals surface area contributed by atoms with Crippen molar-refractivity contribution in [2.45, 2.75) is 38.1 Å². The first kappa shape index (κ1) is 28.9. The molecule has 2 atom stereocenters. The number of ether oxygens (including phenoxy) is 1. The Morgan fingerprint density at radius 3 is 2.62 bits per heavy atom. The third-order valence-electron chi connectivity index (χ3n) is 5.04. The molecule has 1 aliphatic rings. The molecule has 3 rings (SSSR count). The van der Waals surface area contributed by atoms with Gasteiger partial charge in [-0.2, -0.15) is 5.26 Å². The molecule has 3 N–H and O–H groups in total. The maximum absolute atomic E-state index is 13.0. The first-order valence-electron chi connectivity index (χ1n) is 10.9. The van der Waals surface area contributed by atoms with Crippen molar-refractivity contribution in [2.75, 3.05) is 11.2 Å². The molecule has 1 aromatic heterocycles. The summed E-state index contributed by atoms with van der Waals surface area (Å²) in [6.45, 7) is 2.42. The minimum Gasteiger partial charge on any atom is -0.458 e. The lowest BCUT2D eigenvalue weighted by atomic mass is 10.0. The van der Waals surface area contributed by atoms with E-state index in [0.29, 0.717) is 5.56 Å². The fourth-order valence-corrected chi connectivity index (χ4v) is 3.66. The molecule has 0 saturated carbocycles. The molecule has 39 heavy (non-hydrogen) atoms. The third-order valence-corrected chi connectivity index (χ3v) is 6.04. The van der Waals surface area contributed by atoms with Gasteiger partial charge < -0.3 is 25.5 Å². The van der Waals surface area contributed by atoms with Gasteiger partial charge in [-0.05, 0) is 31.5 Å². The minimum atomic E-state index is -1.72. The number of non-ortho nitro benzene ring substituents is 1. The Morgan fingerprint density at radius 1 is 1.33 bits per heavy atom. The number of halogens is 1. The number of benzene rings is 1. The van der Waals surface area contributed by atoms with Gasteiger partial charge in [0.05, 0.1) is 11.0 Å². The highest BCUT2D eigenvalue weighted by molar-refractivity contribution is 7.14. The van der Waals surface area contributed by atoms with Crippen LogP contribution in [0.1, 0.15) is 25.1 Å². The number of carbonyl (C=O) groups excluding carboxylic acids is 4. The molecule has 1 saturated heterocycles. The molecule has 1 fully saturated rings. The van der Waals surface area contributed by atoms with E-state index in [-0.39, 0.29) is 29.0 Å². The molecule has 1 aromatic carbocycles. The number of aromatic nitrogens is 1. The van der Waals surface area contributed by atoms with Crippen molar-refractivity contribution < 1.29 is 33.7 Å². The maximum atomic E-state index is 13.0. The summed E-state index contributed by atoms with van der Waals surface area (Å²) in [7, 11) is 0. The van der Waals surface area contributed by atoms with Gasteiger partial charge in [0.15, 0.2) is 10.8 Å². The Labute approximate surface area is 229 Å². The summed E-state index contributed by atoms with van der Waals surface area (Å²) in [5, 5.41) is 32.2. The Kier molecular flexibility index (Phi) is 9.12. The first-order chi connectivity index (χ1) is 18.4. The number of esters is 1. The zero-order chi connectivity index (χ0) is 28.7. The molecule has 0 spiro atoms. The Hall–Kier alpha value is -4.62. The van der Waals surface area contributed by atoms with E-state index in [2.05, 4.69) is 26.1 Å². The van der Waals surface area contributed by atoms with E-state index >= 15 is 0 Å². The molecule has 0 radical (unpaired) electrons. The molecule has 2 aromatic rings. The molecule has 3 amide bonds. The van der Waals surface area contributed by atoms with Gasteiger partial charge in [-0.25, -0.2) is 9.78 Å². The standard InChI is InChI=1S/C22H20ClN7O8S/c1-22(2,20(34)37-9-11-3-5-12(6-4-11)30(35)36)38-29-17(14-10-39-21(26-14)27-15(31)7-23)19(33)28-16-13(8-24)25-18(16)32/h3-6,10,13,16H,7,9H2,1-2H3,(H,25,32)(H,28,33)(H,26,27,31)/t13-,16+/m1/s1. The summed E-state index contributed by atoms with van der Waals surface area (Å²) in [4.78, 5) is 68.7. The number of β-lactam (4-membered cyclic amide) rings is 1. The number of nitrogens with one attached hydrogen (secondary N) is 3. The number of nitro groups is 1. The second-order valence-corrected chi connectivity index (χ2v) is 9.45. The van der Waals surface area contributed by atoms with Crippen LogP contribution in [0.15, 0.2) is 34.8 Å². The minimum absolute atomic E-state index is 0.0642. The predicted octanol–water partition coefficient (Wildman–Crippen LogP) is 0.978. The van der Waals surface area contributed by atoms with Crippen molar-refractivity contribution in [2.24, 2.45) is 5.16 Å². The summed E-state index contributed by atoms with van der Waals surface area (Å²) >= 11 is 6.43. The number of nitro benzene ring substituents is 1. The van der Waals surface area contributed by atoms with Crippen molar-refractivity contribution in [1.29, 1.82) is 5.26 Å². The molecule has 204 valence electrons. The Morgan fingerprint density at radius 2 is 2.03 bits per heavy atom. The summed E-state index contributed by atoms with van der Waals surface area (Å²) in [5.74, 6) is -3.27. The van der Waals surface area contributed by atoms with Crippen LogP contribution in [0.5, 0.6) is 0 Å². The zero-order valence-electron chi connectivity index (χ0n) is 20.3. The second-order valence-electron chi connectivity index (χ2n) is 8.33. The van der Waals surface area contributed by atoms with E-state index in [1.54, 1.807) is 0 Å². The number of carbonyl (C=O) groups is 4. The highest BCUT2D eigenvalue weighted by Crippen LogP contribution is 2.20. The third kappa shape index (κ3) is 7.24. The number of thiazole rings is 1. The number of anilines is 1. The van der Waals surface area contributed by atoms with E-state index in [9.17, 15) is 29.3 Å². The molecule has 1 aliphatic heterocycles. The molecular weight excluding hydrogens is 558 g/mol. The lowest BCUT2D eigenvalue weighted by Crippen LogP contribution is -2.69. The van der Waals surface area contributed by atoms with Crippen molar-refractivity contribution in [3.63, 3.8) is 0 Å². The highest BCUT2D eigenvalue weighted by Gasteiger charge is 2.42. The molecule has 2 heterocycles. The van der Waals surface area contributed by atoms with Crippen LogP contribution in [0.25, 0.3) is 0 Å². The van der Waals surface area contributed by atoms with Crippen LogP contribution in [-0.2, 0) is 35.4 Å². The van der Waals surface area contributed by atoms with Gasteiger partial charge in [-0.15, -0.1) is 22.9 Å². The van der Waals surface area contributed by atoms with Gasteiger partial charge in [-0.3, -0.25) is 24.5 Å². The summed E-state index contributed by atoms with van der Waals surface area (Å²) < 4.78 is 5.22. The summed E-state index contributed by atoms with van der Waals surface area (Å²) in [6.07, 6.45) is 0. The number of rotatable bonds is 11. The second kappa shape index (κ2) is 12.3. The van der Waals surface area contributed by atoms with Gasteiger partial charge in [0.2, 0.25) is 17.4 Å². The lowest BCUT2D eigenvalue weighted by molar-refractivity contribution is -0.384. The van der Waals surface area contributed by atoms with Crippen molar-refractivity contribution in [1.82, 2.24) is 15.6 Å². The fraction of sp³-hybridized carbons (Fsp3) is 0.318. The summed E-state index contributed by atoms with van der Waals surface area (Å²) in [6, 6.07) is 5.08. The topological polar surface area (TPSA) is 215 Å². The first-order valence-corrected chi connectivity index (χ1v) is 12.4. The molecule has 0 unspecified atom stereocenters. The zero-order valence-corrected chi connectivity index (χ0v) is 21.9. The number of oxime groups is 1. The number of alkyl halides is 1. The number of hydrogen-bond acceptors (Lipinski definition) is 12. The Bertz CT molecular complexity index is 1370. The van der Waals surface area contributed by atoms with Gasteiger partial charge in [0.25, 0.3) is 11.6 Å². The van der Waals surface area contributed by atoms with Crippen molar-refractivity contribution in [3.05, 3.63) is 51.0 Å². The average Bonchev–Trinajstić information content (AvgIpc) is 3.36. The normalized spacial score (nSPS) is 16.7. The van der Waals surface area contributed by atoms with Gasteiger partial charge in [0.1, 0.15) is 30.3 Å². The number of hydrogen-bond donors (Lipinski definition) is 3. The monoisotopic (exact) mass is 577 g/mol. The highest BCUT2D eigenvalue weighted by atomic mass is 35.5. The lowest BCUT2D eigenvalue weighted by Gasteiger charge is -2.32. The number of nitriles is 1. The Balaban J connectivity index is 1.76. The molecule has 0 aliphatic carbocycles. The van der Waals surface area contributed by atoms with Gasteiger partial charge >= 0.3 is 5.97 Å². The molecular formula is C22H20ClN7O8S. The molecule has 0 bridgehead atoms. The van der Waals surface area contributed by atoms with Crippen molar-refractivity contribution >= 4 is 63.2 Å². The van der Waals surface area contributed by atoms with E-state index in [1.165, 1.54) is 43.5 Å². The number of amides is 3. The van der Waals surface area contributed by atoms with E-state index in [1.807, 2.05) is 6.07 Å². The average molecular weight is 578 g/mol. The van der Waals surface area contributed by atoms with E-state index < -0.39 is 52.0 Å². The molecule has 17 heteroatoms. The molecule has 15 nitrogen and oxygen atoms in total. The van der Waals surface area contributed by atoms with Crippen LogP contribution in [-0.4, -0.2) is 62.9 Å². The van der Waals surface area contributed by atoms with Crippen LogP contribution in [0.3, 0.4) is 0 Å². The van der Waals surface area contributed by atoms with Crippen LogP contribution < -0.4 is 16.0 Å². The van der Waals surface area contributed by atoms with Gasteiger partial charge in [-0.1, -0.05) is 5.16 Å². The fourth-order valence-electron chi connectivity index (χ4n) is 2.88. The van der Waals surface area contributed by atoms with E-state index in [4.69, 9.17) is 26.4 Å².